The Kier molecular flexibility index (Phi) is 4.36. The first-order valence-corrected chi connectivity index (χ1v) is 9.89. The van der Waals surface area contributed by atoms with Crippen LogP contribution in [0.1, 0.15) is 30.9 Å². The second-order valence-corrected chi connectivity index (χ2v) is 7.69. The number of ketones is 1. The Bertz CT molecular complexity index is 1200. The number of nitrogens with zero attached hydrogens (tertiary/aromatic N) is 4. The van der Waals surface area contributed by atoms with Gasteiger partial charge in [0.15, 0.2) is 11.6 Å². The van der Waals surface area contributed by atoms with Gasteiger partial charge in [-0.1, -0.05) is 23.7 Å². The highest BCUT2D eigenvalue weighted by Gasteiger charge is 2.36. The van der Waals surface area contributed by atoms with Crippen LogP contribution in [0, 0.1) is 10.1 Å². The Morgan fingerprint density at radius 3 is 2.53 bits per heavy atom. The van der Waals surface area contributed by atoms with Gasteiger partial charge in [-0.05, 0) is 42.7 Å². The van der Waals surface area contributed by atoms with E-state index in [-0.39, 0.29) is 11.5 Å². The van der Waals surface area contributed by atoms with Crippen molar-refractivity contribution in [3.8, 4) is 11.4 Å². The molecule has 2 heterocycles. The van der Waals surface area contributed by atoms with Crippen molar-refractivity contribution >= 4 is 29.0 Å². The summed E-state index contributed by atoms with van der Waals surface area (Å²) in [5.41, 5.74) is 3.13. The van der Waals surface area contributed by atoms with Crippen LogP contribution in [0.4, 0.5) is 11.6 Å². The number of benzene rings is 2. The van der Waals surface area contributed by atoms with Crippen molar-refractivity contribution in [3.05, 3.63) is 80.5 Å². The van der Waals surface area contributed by atoms with Crippen molar-refractivity contribution in [2.24, 2.45) is 0 Å². The molecule has 1 aliphatic carbocycles. The number of aromatic nitrogens is 3. The zero-order valence-corrected chi connectivity index (χ0v) is 16.5. The summed E-state index contributed by atoms with van der Waals surface area (Å²) in [7, 11) is 0. The molecule has 1 aromatic heterocycles. The van der Waals surface area contributed by atoms with Crippen molar-refractivity contribution in [2.75, 3.05) is 5.32 Å². The number of hydrogen-bond donors (Lipinski definition) is 1. The highest BCUT2D eigenvalue weighted by molar-refractivity contribution is 6.30. The quantitative estimate of drug-likeness (QED) is 0.492. The molecule has 1 unspecified atom stereocenters. The summed E-state index contributed by atoms with van der Waals surface area (Å²) < 4.78 is 1.71. The molecule has 0 radical (unpaired) electrons. The number of Topliss-reactive ketones (excluding diaryl/α,β-unsaturated/α-hetero) is 1. The Morgan fingerprint density at radius 1 is 1.10 bits per heavy atom. The van der Waals surface area contributed by atoms with Gasteiger partial charge in [-0.3, -0.25) is 14.9 Å². The fraction of sp³-hybridized carbons (Fsp3) is 0.190. The van der Waals surface area contributed by atoms with Crippen molar-refractivity contribution in [3.63, 3.8) is 0 Å². The summed E-state index contributed by atoms with van der Waals surface area (Å²) in [6.45, 7) is 0. The molecule has 0 spiro atoms. The topological polar surface area (TPSA) is 103 Å². The molecule has 3 aromatic rings. The third kappa shape index (κ3) is 3.05. The van der Waals surface area contributed by atoms with Gasteiger partial charge in [-0.2, -0.15) is 4.98 Å². The zero-order chi connectivity index (χ0) is 20.8. The Morgan fingerprint density at radius 2 is 1.83 bits per heavy atom. The number of nitrogens with one attached hydrogen (secondary N) is 1. The lowest BCUT2D eigenvalue weighted by Crippen LogP contribution is -2.31. The van der Waals surface area contributed by atoms with E-state index in [4.69, 9.17) is 11.6 Å². The molecule has 1 atom stereocenters. The standard InChI is InChI=1S/C21H16ClN5O3/c22-14-8-4-12(5-9-14)19-18-16(2-1-3-17(18)28)23-21-24-20(25-26(19)21)13-6-10-15(11-7-13)27(29)30/h4-11,19H,1-3H2,(H,23,24,25). The average Bonchev–Trinajstić information content (AvgIpc) is 3.17. The van der Waals surface area contributed by atoms with Gasteiger partial charge >= 0.3 is 0 Å². The van der Waals surface area contributed by atoms with Crippen LogP contribution in [0.5, 0.6) is 0 Å². The number of nitro groups is 1. The van der Waals surface area contributed by atoms with Gasteiger partial charge in [0.05, 0.1) is 4.92 Å². The molecule has 0 bridgehead atoms. The molecule has 1 N–H and O–H groups in total. The maximum atomic E-state index is 12.8. The molecule has 1 aliphatic heterocycles. The van der Waals surface area contributed by atoms with E-state index in [9.17, 15) is 14.9 Å². The third-order valence-electron chi connectivity index (χ3n) is 5.39. The molecule has 0 fully saturated rings. The molecular weight excluding hydrogens is 406 g/mol. The SMILES string of the molecule is O=C1CCCC2=C1C(c1ccc(Cl)cc1)n1nc(-c3ccc([N+](=O)[O-])cc3)nc1N2. The van der Waals surface area contributed by atoms with E-state index in [0.717, 1.165) is 24.1 Å². The van der Waals surface area contributed by atoms with Crippen LogP contribution in [0.15, 0.2) is 59.8 Å². The van der Waals surface area contributed by atoms with Crippen LogP contribution in [0.25, 0.3) is 11.4 Å². The second kappa shape index (κ2) is 7.07. The number of nitro benzene ring substituents is 1. The number of allylic oxidation sites excluding steroid dienone is 2. The molecule has 2 aromatic carbocycles. The van der Waals surface area contributed by atoms with E-state index in [1.165, 1.54) is 12.1 Å². The predicted molar refractivity (Wildman–Crippen MR) is 111 cm³/mol. The summed E-state index contributed by atoms with van der Waals surface area (Å²) in [6, 6.07) is 13.0. The lowest BCUT2D eigenvalue weighted by molar-refractivity contribution is -0.384. The van der Waals surface area contributed by atoms with E-state index < -0.39 is 11.0 Å². The summed E-state index contributed by atoms with van der Waals surface area (Å²) in [4.78, 5) is 27.9. The van der Waals surface area contributed by atoms with Crippen LogP contribution < -0.4 is 5.32 Å². The van der Waals surface area contributed by atoms with Crippen LogP contribution in [0.2, 0.25) is 5.02 Å². The summed E-state index contributed by atoms with van der Waals surface area (Å²) in [5, 5.41) is 19.5. The molecule has 9 heteroatoms. The molecule has 0 saturated heterocycles. The average molecular weight is 422 g/mol. The monoisotopic (exact) mass is 421 g/mol. The van der Waals surface area contributed by atoms with Gasteiger partial charge in [-0.25, -0.2) is 4.68 Å². The molecular formula is C21H16ClN5O3. The molecule has 2 aliphatic rings. The normalized spacial score (nSPS) is 17.9. The summed E-state index contributed by atoms with van der Waals surface area (Å²) in [6.07, 6.45) is 2.07. The summed E-state index contributed by atoms with van der Waals surface area (Å²) in [5.74, 6) is 1.07. The van der Waals surface area contributed by atoms with Crippen LogP contribution >= 0.6 is 11.6 Å². The predicted octanol–water partition coefficient (Wildman–Crippen LogP) is 4.53. The third-order valence-corrected chi connectivity index (χ3v) is 5.64. The largest absolute Gasteiger partial charge is 0.328 e. The number of non-ortho nitro benzene ring substituents is 1. The number of anilines is 1. The minimum atomic E-state index is -0.447. The van der Waals surface area contributed by atoms with Crippen molar-refractivity contribution in [1.82, 2.24) is 14.8 Å². The van der Waals surface area contributed by atoms with E-state index >= 15 is 0 Å². The smallest absolute Gasteiger partial charge is 0.269 e. The molecule has 0 amide bonds. The number of rotatable bonds is 3. The Balaban J connectivity index is 1.62. The number of fused-ring (bicyclic) bond motifs is 1. The Labute approximate surface area is 176 Å². The van der Waals surface area contributed by atoms with Gasteiger partial charge in [0.1, 0.15) is 6.04 Å². The maximum absolute atomic E-state index is 12.8. The van der Waals surface area contributed by atoms with Gasteiger partial charge in [0.2, 0.25) is 5.95 Å². The number of carbonyl (C=O) groups is 1. The van der Waals surface area contributed by atoms with E-state index in [1.807, 2.05) is 12.1 Å². The summed E-state index contributed by atoms with van der Waals surface area (Å²) >= 11 is 6.06. The highest BCUT2D eigenvalue weighted by Crippen LogP contribution is 2.40. The molecule has 8 nitrogen and oxygen atoms in total. The van der Waals surface area contributed by atoms with Gasteiger partial charge in [0, 0.05) is 40.4 Å². The zero-order valence-electron chi connectivity index (χ0n) is 15.7. The van der Waals surface area contributed by atoms with Gasteiger partial charge < -0.3 is 5.32 Å². The van der Waals surface area contributed by atoms with Crippen LogP contribution in [0.3, 0.4) is 0 Å². The minimum Gasteiger partial charge on any atom is -0.328 e. The van der Waals surface area contributed by atoms with Crippen molar-refractivity contribution in [2.45, 2.75) is 25.3 Å². The van der Waals surface area contributed by atoms with Crippen molar-refractivity contribution in [1.29, 1.82) is 0 Å². The lowest BCUT2D eigenvalue weighted by Gasteiger charge is -2.32. The van der Waals surface area contributed by atoms with E-state index in [2.05, 4.69) is 15.4 Å². The number of hydrogen-bond acceptors (Lipinski definition) is 6. The van der Waals surface area contributed by atoms with Crippen LogP contribution in [-0.2, 0) is 4.79 Å². The van der Waals surface area contributed by atoms with E-state index in [0.29, 0.717) is 34.4 Å². The van der Waals surface area contributed by atoms with Gasteiger partial charge in [-0.15, -0.1) is 5.10 Å². The molecule has 5 rings (SSSR count). The fourth-order valence-electron chi connectivity index (χ4n) is 3.96. The number of carbonyl (C=O) groups excluding carboxylic acids is 1. The lowest BCUT2D eigenvalue weighted by atomic mass is 9.85. The second-order valence-electron chi connectivity index (χ2n) is 7.26. The highest BCUT2D eigenvalue weighted by atomic mass is 35.5. The molecule has 0 saturated carbocycles. The Hall–Kier alpha value is -3.52. The fourth-order valence-corrected chi connectivity index (χ4v) is 4.09. The van der Waals surface area contributed by atoms with E-state index in [1.54, 1.807) is 28.9 Å². The van der Waals surface area contributed by atoms with Gasteiger partial charge in [0.25, 0.3) is 5.69 Å². The first-order chi connectivity index (χ1) is 14.5. The number of halogens is 1. The van der Waals surface area contributed by atoms with Crippen molar-refractivity contribution < 1.29 is 9.72 Å². The van der Waals surface area contributed by atoms with Crippen LogP contribution in [-0.4, -0.2) is 25.5 Å². The molecule has 30 heavy (non-hydrogen) atoms. The first-order valence-electron chi connectivity index (χ1n) is 9.51. The first kappa shape index (κ1) is 18.5. The minimum absolute atomic E-state index is 0.00242. The maximum Gasteiger partial charge on any atom is 0.269 e. The molecule has 150 valence electrons.